The monoisotopic (exact) mass is 482 g/mol. The third kappa shape index (κ3) is 4.26. The van der Waals surface area contributed by atoms with E-state index in [0.29, 0.717) is 18.4 Å². The lowest BCUT2D eigenvalue weighted by atomic mass is 9.99. The molecule has 1 aliphatic rings. The predicted octanol–water partition coefficient (Wildman–Crippen LogP) is 7.42. The standard InChI is InChI=1S/C25H20F6O3/c1-3-5-13-6-8-16(17(26)10-13)25(30,31)34-19-12-15-11-14-7-9-18(32-4-2)21(28)23(14)33-24(15)22(29)20(19)27/h6-10,12H,3-5,11H2,1-2H3. The quantitative estimate of drug-likeness (QED) is 0.257. The Bertz CT molecular complexity index is 1240. The van der Waals surface area contributed by atoms with Crippen molar-refractivity contribution < 1.29 is 40.6 Å². The summed E-state index contributed by atoms with van der Waals surface area (Å²) in [6.45, 7) is 3.67. The summed E-state index contributed by atoms with van der Waals surface area (Å²) in [5.74, 6) is -7.77. The Labute approximate surface area is 191 Å². The minimum absolute atomic E-state index is 0.0421. The van der Waals surface area contributed by atoms with E-state index in [0.717, 1.165) is 18.2 Å². The lowest BCUT2D eigenvalue weighted by Crippen LogP contribution is -2.24. The molecule has 0 fully saturated rings. The van der Waals surface area contributed by atoms with E-state index in [9.17, 15) is 26.3 Å². The minimum atomic E-state index is -4.29. The van der Waals surface area contributed by atoms with Crippen molar-refractivity contribution in [2.75, 3.05) is 6.61 Å². The topological polar surface area (TPSA) is 27.7 Å². The number of ether oxygens (including phenoxy) is 3. The predicted molar refractivity (Wildman–Crippen MR) is 112 cm³/mol. The second-order valence-corrected chi connectivity index (χ2v) is 7.75. The molecule has 3 aromatic carbocycles. The normalized spacial score (nSPS) is 12.6. The molecule has 0 amide bonds. The van der Waals surface area contributed by atoms with Gasteiger partial charge in [-0.15, -0.1) is 0 Å². The summed E-state index contributed by atoms with van der Waals surface area (Å²) in [7, 11) is 0. The van der Waals surface area contributed by atoms with Crippen molar-refractivity contribution in [2.45, 2.75) is 39.2 Å². The molecule has 34 heavy (non-hydrogen) atoms. The van der Waals surface area contributed by atoms with Crippen LogP contribution >= 0.6 is 0 Å². The Morgan fingerprint density at radius 2 is 1.59 bits per heavy atom. The van der Waals surface area contributed by atoms with E-state index in [1.165, 1.54) is 18.2 Å². The Balaban J connectivity index is 1.67. The van der Waals surface area contributed by atoms with Gasteiger partial charge in [-0.25, -0.2) is 4.39 Å². The first-order valence-electron chi connectivity index (χ1n) is 10.6. The van der Waals surface area contributed by atoms with Crippen molar-refractivity contribution in [1.82, 2.24) is 0 Å². The first kappa shape index (κ1) is 23.8. The van der Waals surface area contributed by atoms with E-state index in [2.05, 4.69) is 4.74 Å². The van der Waals surface area contributed by atoms with Gasteiger partial charge in [-0.1, -0.05) is 25.5 Å². The number of hydrogen-bond donors (Lipinski definition) is 0. The van der Waals surface area contributed by atoms with Crippen LogP contribution in [-0.2, 0) is 19.0 Å². The van der Waals surface area contributed by atoms with Crippen molar-refractivity contribution in [1.29, 1.82) is 0 Å². The molecule has 0 saturated carbocycles. The summed E-state index contributed by atoms with van der Waals surface area (Å²) in [6.07, 6.45) is -3.26. The minimum Gasteiger partial charge on any atom is -0.491 e. The summed E-state index contributed by atoms with van der Waals surface area (Å²) < 4.78 is 103. The van der Waals surface area contributed by atoms with Crippen LogP contribution < -0.4 is 14.2 Å². The fourth-order valence-corrected chi connectivity index (χ4v) is 3.79. The lowest BCUT2D eigenvalue weighted by Gasteiger charge is -2.24. The largest absolute Gasteiger partial charge is 0.491 e. The second kappa shape index (κ2) is 9.12. The molecule has 0 aliphatic carbocycles. The fraction of sp³-hybridized carbons (Fsp3) is 0.280. The summed E-state index contributed by atoms with van der Waals surface area (Å²) in [6, 6.07) is 6.78. The molecule has 0 aromatic heterocycles. The number of benzene rings is 3. The number of fused-ring (bicyclic) bond motifs is 2. The Morgan fingerprint density at radius 3 is 2.26 bits per heavy atom. The van der Waals surface area contributed by atoms with E-state index in [-0.39, 0.29) is 35.7 Å². The molecule has 0 N–H and O–H groups in total. The molecular formula is C25H20F6O3. The Hall–Kier alpha value is -3.36. The van der Waals surface area contributed by atoms with Crippen LogP contribution in [0.25, 0.3) is 0 Å². The van der Waals surface area contributed by atoms with Crippen LogP contribution in [0.4, 0.5) is 26.3 Å². The molecule has 1 aliphatic heterocycles. The van der Waals surface area contributed by atoms with Gasteiger partial charge >= 0.3 is 6.11 Å². The zero-order chi connectivity index (χ0) is 24.6. The van der Waals surface area contributed by atoms with E-state index >= 15 is 0 Å². The van der Waals surface area contributed by atoms with Crippen LogP contribution in [0.3, 0.4) is 0 Å². The van der Waals surface area contributed by atoms with Gasteiger partial charge in [0.15, 0.2) is 23.0 Å². The molecule has 3 nitrogen and oxygen atoms in total. The third-order valence-electron chi connectivity index (χ3n) is 5.36. The maximum atomic E-state index is 14.8. The molecule has 1 heterocycles. The molecule has 0 atom stereocenters. The van der Waals surface area contributed by atoms with E-state index in [1.54, 1.807) is 6.92 Å². The Kier molecular flexibility index (Phi) is 6.38. The van der Waals surface area contributed by atoms with Crippen molar-refractivity contribution in [3.8, 4) is 23.0 Å². The van der Waals surface area contributed by atoms with Crippen LogP contribution in [0.2, 0.25) is 0 Å². The molecule has 0 radical (unpaired) electrons. The molecule has 3 aromatic rings. The molecule has 4 rings (SSSR count). The van der Waals surface area contributed by atoms with Gasteiger partial charge < -0.3 is 14.2 Å². The first-order valence-corrected chi connectivity index (χ1v) is 10.6. The second-order valence-electron chi connectivity index (χ2n) is 7.75. The molecule has 0 saturated heterocycles. The van der Waals surface area contributed by atoms with Gasteiger partial charge in [-0.3, -0.25) is 0 Å². The third-order valence-corrected chi connectivity index (χ3v) is 5.36. The van der Waals surface area contributed by atoms with Crippen LogP contribution in [0, 0.1) is 23.3 Å². The average molecular weight is 482 g/mol. The van der Waals surface area contributed by atoms with Gasteiger partial charge in [-0.2, -0.15) is 22.0 Å². The van der Waals surface area contributed by atoms with Crippen LogP contribution in [0.5, 0.6) is 23.0 Å². The highest BCUT2D eigenvalue weighted by Crippen LogP contribution is 2.46. The van der Waals surface area contributed by atoms with Crippen molar-refractivity contribution in [3.63, 3.8) is 0 Å². The average Bonchev–Trinajstić information content (AvgIpc) is 2.78. The van der Waals surface area contributed by atoms with Crippen molar-refractivity contribution >= 4 is 0 Å². The number of halogens is 6. The fourth-order valence-electron chi connectivity index (χ4n) is 3.79. The Morgan fingerprint density at radius 1 is 0.853 bits per heavy atom. The smallest absolute Gasteiger partial charge is 0.429 e. The maximum Gasteiger partial charge on any atom is 0.429 e. The zero-order valence-corrected chi connectivity index (χ0v) is 18.3. The van der Waals surface area contributed by atoms with E-state index < -0.39 is 46.4 Å². The van der Waals surface area contributed by atoms with Gasteiger partial charge in [-0.05, 0) is 43.2 Å². The number of alkyl halides is 2. The van der Waals surface area contributed by atoms with Gasteiger partial charge in [0.2, 0.25) is 17.5 Å². The SMILES string of the molecule is CCCc1ccc(C(F)(F)Oc2cc3c(c(F)c2F)Oc2c(ccc(OCC)c2F)C3)c(F)c1. The maximum absolute atomic E-state index is 14.8. The summed E-state index contributed by atoms with van der Waals surface area (Å²) in [5, 5.41) is 0. The number of hydrogen-bond acceptors (Lipinski definition) is 3. The van der Waals surface area contributed by atoms with Gasteiger partial charge in [0, 0.05) is 17.5 Å². The molecule has 180 valence electrons. The highest BCUT2D eigenvalue weighted by atomic mass is 19.3. The van der Waals surface area contributed by atoms with Gasteiger partial charge in [0.05, 0.1) is 12.2 Å². The lowest BCUT2D eigenvalue weighted by molar-refractivity contribution is -0.189. The molecule has 0 unspecified atom stereocenters. The zero-order valence-electron chi connectivity index (χ0n) is 18.3. The summed E-state index contributed by atoms with van der Waals surface area (Å²) in [4.78, 5) is 0. The van der Waals surface area contributed by atoms with Crippen molar-refractivity contribution in [3.05, 3.63) is 81.9 Å². The molecule has 9 heteroatoms. The van der Waals surface area contributed by atoms with Gasteiger partial charge in [0.25, 0.3) is 0 Å². The van der Waals surface area contributed by atoms with Crippen LogP contribution in [-0.4, -0.2) is 6.61 Å². The highest BCUT2D eigenvalue weighted by molar-refractivity contribution is 5.55. The van der Waals surface area contributed by atoms with Crippen LogP contribution in [0.15, 0.2) is 36.4 Å². The number of aryl methyl sites for hydroxylation is 1. The van der Waals surface area contributed by atoms with E-state index in [4.69, 9.17) is 9.47 Å². The van der Waals surface area contributed by atoms with E-state index in [1.807, 2.05) is 6.92 Å². The summed E-state index contributed by atoms with van der Waals surface area (Å²) in [5.41, 5.74) is -0.368. The highest BCUT2D eigenvalue weighted by Gasteiger charge is 2.40. The molecule has 0 bridgehead atoms. The first-order chi connectivity index (χ1) is 16.2. The van der Waals surface area contributed by atoms with Gasteiger partial charge in [0.1, 0.15) is 5.82 Å². The van der Waals surface area contributed by atoms with Crippen LogP contribution in [0.1, 0.15) is 42.5 Å². The van der Waals surface area contributed by atoms with Crippen molar-refractivity contribution in [2.24, 2.45) is 0 Å². The number of rotatable bonds is 7. The molecule has 0 spiro atoms. The summed E-state index contributed by atoms with van der Waals surface area (Å²) >= 11 is 0. The molecular weight excluding hydrogens is 462 g/mol.